The number of nitrogens with two attached hydrogens (primary N) is 3. The summed E-state index contributed by atoms with van der Waals surface area (Å²) in [5.74, 6) is -1.19. The monoisotopic (exact) mass is 1580 g/mol. The van der Waals surface area contributed by atoms with E-state index in [1.54, 1.807) is 6.07 Å². The van der Waals surface area contributed by atoms with Crippen LogP contribution in [0.2, 0.25) is 0 Å². The molecule has 0 bridgehead atoms. The minimum atomic E-state index is -4.17. The minimum Gasteiger partial charge on any atom is -0.393 e. The van der Waals surface area contributed by atoms with Crippen molar-refractivity contribution in [3.63, 3.8) is 0 Å². The predicted molar refractivity (Wildman–Crippen MR) is 400 cm³/mol. The average molecular weight is 1580 g/mol. The Hall–Kier alpha value is -8.12. The third-order valence-corrected chi connectivity index (χ3v) is 23.9. The summed E-state index contributed by atoms with van der Waals surface area (Å²) >= 11 is 4.15. The molecule has 1 aliphatic heterocycles. The van der Waals surface area contributed by atoms with Gasteiger partial charge in [0.2, 0.25) is 17.3 Å². The maximum absolute atomic E-state index is 13.6. The summed E-state index contributed by atoms with van der Waals surface area (Å²) in [4.78, 5) is 67.6. The summed E-state index contributed by atoms with van der Waals surface area (Å²) in [5, 5.41) is 70.6. The fraction of sp³-hybridized carbons (Fsp3) is 0.394. The summed E-state index contributed by atoms with van der Waals surface area (Å²) in [6, 6.07) is 26.5. The lowest BCUT2D eigenvalue weighted by molar-refractivity contribution is 0.00778. The molecule has 5 aliphatic rings. The number of carbonyl (C=O) groups is 3. The van der Waals surface area contributed by atoms with E-state index in [1.165, 1.54) is 83.6 Å². The molecule has 3 saturated carbocycles. The van der Waals surface area contributed by atoms with Crippen LogP contribution < -0.4 is 31.4 Å². The summed E-state index contributed by atoms with van der Waals surface area (Å²) in [5.41, 5.74) is 6.12. The van der Waals surface area contributed by atoms with E-state index in [2.05, 4.69) is 87.2 Å². The van der Waals surface area contributed by atoms with Crippen LogP contribution in [0.5, 0.6) is 0 Å². The molecule has 0 radical (unpaired) electrons. The maximum atomic E-state index is 13.6. The van der Waals surface area contributed by atoms with Gasteiger partial charge in [0.15, 0.2) is 0 Å². The van der Waals surface area contributed by atoms with Crippen LogP contribution in [0, 0.1) is 17.8 Å². The molecule has 14 rings (SSSR count). The van der Waals surface area contributed by atoms with Gasteiger partial charge in [-0.3, -0.25) is 26.9 Å². The zero-order chi connectivity index (χ0) is 75.6. The molecular weight excluding hydrogens is 1500 g/mol. The Balaban J connectivity index is 0.000000150. The van der Waals surface area contributed by atoms with Gasteiger partial charge < -0.3 is 45.7 Å². The zero-order valence-electron chi connectivity index (χ0n) is 57.6. The van der Waals surface area contributed by atoms with Gasteiger partial charge in [-0.1, -0.05) is 54.6 Å². The van der Waals surface area contributed by atoms with Gasteiger partial charge in [-0.2, -0.15) is 25.3 Å². The topological polar surface area (TPSA) is 468 Å². The molecule has 1 unspecified atom stereocenters. The molecule has 30 nitrogen and oxygen atoms in total. The lowest BCUT2D eigenvalue weighted by atomic mass is 9.79. The van der Waals surface area contributed by atoms with Crippen molar-refractivity contribution in [3.8, 4) is 0 Å². The number of carbonyl (C=O) groups excluding carboxylic acids is 3. The number of allylic oxidation sites excluding steroid dienone is 1. The van der Waals surface area contributed by atoms with E-state index in [1.807, 2.05) is 77.6 Å². The molecule has 7 aromatic heterocycles. The number of aliphatic hydroxyl groups is 4. The lowest BCUT2D eigenvalue weighted by Crippen LogP contribution is -2.36. The van der Waals surface area contributed by atoms with Crippen molar-refractivity contribution >= 4 is 111 Å². The fourth-order valence-electron chi connectivity index (χ4n) is 14.2. The van der Waals surface area contributed by atoms with Crippen molar-refractivity contribution < 1.29 is 77.3 Å². The molecule has 568 valence electrons. The smallest absolute Gasteiger partial charge is 0.333 e. The lowest BCUT2D eigenvalue weighted by Gasteiger charge is -2.33. The Morgan fingerprint density at radius 2 is 1.14 bits per heavy atom. The van der Waals surface area contributed by atoms with E-state index < -0.39 is 84.7 Å². The van der Waals surface area contributed by atoms with Crippen LogP contribution in [-0.2, 0) is 66.8 Å². The number of ketones is 3. The van der Waals surface area contributed by atoms with Gasteiger partial charge >= 0.3 is 30.9 Å². The van der Waals surface area contributed by atoms with Gasteiger partial charge in [0.1, 0.15) is 48.1 Å². The number of anilines is 3. The molecule has 8 heterocycles. The first-order chi connectivity index (χ1) is 51.2. The number of hydrogen-bond donors (Lipinski definition) is 10. The number of nitrogens with zero attached hydrogens (tertiary/aromatic N) is 7. The molecular formula is C71H81N13O17S6. The summed E-state index contributed by atoms with van der Waals surface area (Å²) in [7, 11) is -12.3. The van der Waals surface area contributed by atoms with E-state index in [9.17, 15) is 60.1 Å². The van der Waals surface area contributed by atoms with Crippen LogP contribution >= 0.6 is 34.0 Å². The van der Waals surface area contributed by atoms with Crippen molar-refractivity contribution in [2.45, 2.75) is 132 Å². The Bertz CT molecular complexity index is 5000. The number of ether oxygens (including phenoxy) is 1. The van der Waals surface area contributed by atoms with Crippen LogP contribution in [0.25, 0.3) is 10.9 Å². The predicted octanol–water partition coefficient (Wildman–Crippen LogP) is 6.69. The molecule has 1 saturated heterocycles. The quantitative estimate of drug-likeness (QED) is 0.0189. The van der Waals surface area contributed by atoms with E-state index in [0.717, 1.165) is 64.6 Å². The van der Waals surface area contributed by atoms with Crippen molar-refractivity contribution in [1.29, 1.82) is 0 Å². The van der Waals surface area contributed by atoms with Crippen molar-refractivity contribution in [2.75, 3.05) is 42.4 Å². The highest BCUT2D eigenvalue weighted by Crippen LogP contribution is 2.47. The van der Waals surface area contributed by atoms with Crippen LogP contribution in [0.3, 0.4) is 0 Å². The SMILES string of the molecule is NS(=O)(=O)OC[C@H]1C[C@@H](Nc2ncncc2C(=O)c2cc(C3(C4=CCCCC4)CCCO3)cs2)C[C@@H]1O.NS(=O)(=O)OC[C@H]1C[C@@H](Nc2ncncc2C(=O)c2cc(Cn3ccc4ccccc43)cs2)C[C@@H]1O.NS(=O)(=O)OC[C@H]1C[C@@H](Nc2ncncc2C(=O)c2ccc(Cc3ccccc3)s2)[C@H](O)[C@@H]1O. The van der Waals surface area contributed by atoms with E-state index in [-0.39, 0.29) is 67.1 Å². The van der Waals surface area contributed by atoms with Crippen LogP contribution in [0.4, 0.5) is 17.5 Å². The Morgan fingerprint density at radius 3 is 1.71 bits per heavy atom. The summed E-state index contributed by atoms with van der Waals surface area (Å²) in [6.07, 6.45) is 17.5. The van der Waals surface area contributed by atoms with Crippen molar-refractivity contribution in [1.82, 2.24) is 34.5 Å². The normalized spacial score (nSPS) is 23.7. The molecule has 9 aromatic rings. The minimum absolute atomic E-state index is 0.176. The number of nitrogens with one attached hydrogen (secondary N) is 3. The summed E-state index contributed by atoms with van der Waals surface area (Å²) < 4.78 is 88.8. The molecule has 107 heavy (non-hydrogen) atoms. The van der Waals surface area contributed by atoms with Gasteiger partial charge in [0, 0.05) is 84.6 Å². The van der Waals surface area contributed by atoms with E-state index in [0.29, 0.717) is 82.6 Å². The standard InChI is InChI=1S/C25H32N4O6S2.C24H25N5O5S2.C22H24N4O6S2/c26-37(32,33)35-13-16-9-19(11-21(16)30)29-24-20(12-27-15-28-24)23(31)22-10-18(14-36-22)25(7-4-8-34-25)17-5-2-1-3-6-17;25-36(32,33)34-12-17-8-18(9-21(17)30)28-24-19(10-26-14-27-24)23(31)22-7-15(13-35-22)11-29-6-5-16-3-1-2-4-20(16)29;23-34(30,31)32-11-14-9-17(21(29)19(14)27)26-22-16(10-24-12-25-22)20(28)18-7-6-15(33-18)8-13-4-2-1-3-5-13/h5,10,12,14-16,19,21,30H,1-4,6-9,11,13H2,(H2,26,32,33)(H,27,28,29);1-7,10,13-14,17-18,21,30H,8-9,11-12H2,(H2,25,32,33)(H,26,27,28);1-7,10,12,14,17,19,21,27,29H,8-9,11H2,(H2,23,30,31)(H,24,25,26)/t16-,19-,21+,25?;17-,18-,21+;14-,17-,19-,21+/m111/s1. The number of aliphatic hydroxyl groups excluding tert-OH is 4. The summed E-state index contributed by atoms with van der Waals surface area (Å²) in [6.45, 7) is 0.585. The Labute approximate surface area is 629 Å². The molecule has 4 aliphatic carbocycles. The largest absolute Gasteiger partial charge is 0.393 e. The first-order valence-corrected chi connectivity index (χ1v) is 41.5. The second-order valence-corrected chi connectivity index (χ2v) is 33.5. The second-order valence-electron chi connectivity index (χ2n) is 26.9. The first-order valence-electron chi connectivity index (χ1n) is 34.5. The van der Waals surface area contributed by atoms with Gasteiger partial charge in [0.25, 0.3) is 0 Å². The first kappa shape index (κ1) is 78.5. The van der Waals surface area contributed by atoms with Gasteiger partial charge in [-0.05, 0) is 145 Å². The number of aromatic nitrogens is 7. The number of hydrogen-bond acceptors (Lipinski definition) is 29. The second kappa shape index (κ2) is 34.6. The number of benzene rings is 2. The highest BCUT2D eigenvalue weighted by atomic mass is 32.2. The molecule has 0 amide bonds. The van der Waals surface area contributed by atoms with E-state index in [4.69, 9.17) is 20.2 Å². The number of fused-ring (bicyclic) bond motifs is 1. The Kier molecular flexibility index (Phi) is 25.4. The van der Waals surface area contributed by atoms with Gasteiger partial charge in [-0.25, -0.2) is 45.3 Å². The third-order valence-electron chi connectivity index (χ3n) is 19.5. The highest BCUT2D eigenvalue weighted by Gasteiger charge is 2.44. The Morgan fingerprint density at radius 1 is 0.589 bits per heavy atom. The van der Waals surface area contributed by atoms with Gasteiger partial charge in [0.05, 0.1) is 75.5 Å². The fourth-order valence-corrected chi connectivity index (χ4v) is 18.1. The van der Waals surface area contributed by atoms with E-state index >= 15 is 0 Å². The van der Waals surface area contributed by atoms with Crippen molar-refractivity contribution in [3.05, 3.63) is 204 Å². The van der Waals surface area contributed by atoms with Crippen LogP contribution in [-0.4, -0.2) is 166 Å². The average Bonchev–Trinajstić information content (AvgIpc) is 1.63. The number of para-hydroxylation sites is 1. The van der Waals surface area contributed by atoms with Crippen LogP contribution in [0.1, 0.15) is 138 Å². The van der Waals surface area contributed by atoms with Gasteiger partial charge in [-0.15, -0.1) is 34.0 Å². The third kappa shape index (κ3) is 20.2. The number of thiophene rings is 3. The molecule has 13 N–H and O–H groups in total. The molecule has 0 spiro atoms. The maximum Gasteiger partial charge on any atom is 0.333 e. The highest BCUT2D eigenvalue weighted by molar-refractivity contribution is 7.84. The molecule has 2 aromatic carbocycles. The molecule has 4 fully saturated rings. The molecule has 36 heteroatoms. The molecule has 11 atom stereocenters. The van der Waals surface area contributed by atoms with Crippen LogP contribution in [0.15, 0.2) is 151 Å². The zero-order valence-corrected chi connectivity index (χ0v) is 62.5. The number of rotatable bonds is 27. The van der Waals surface area contributed by atoms with Crippen molar-refractivity contribution in [2.24, 2.45) is 33.2 Å².